The maximum Gasteiger partial charge on any atom is 0.152 e. The van der Waals surface area contributed by atoms with E-state index in [0.717, 1.165) is 16.7 Å². The van der Waals surface area contributed by atoms with E-state index in [0.29, 0.717) is 5.82 Å². The fourth-order valence-corrected chi connectivity index (χ4v) is 1.10. The fraction of sp³-hybridized carbons (Fsp3) is 0.300. The van der Waals surface area contributed by atoms with Crippen LogP contribution in [0, 0.1) is 6.92 Å². The van der Waals surface area contributed by atoms with Crippen molar-refractivity contribution in [2.45, 2.75) is 20.8 Å². The molecule has 0 aliphatic heterocycles. The molecule has 0 aliphatic carbocycles. The Bertz CT molecular complexity index is 393. The van der Waals surface area contributed by atoms with Gasteiger partial charge in [-0.05, 0) is 19.1 Å². The number of aromatic nitrogens is 1. The van der Waals surface area contributed by atoms with Gasteiger partial charge in [0.05, 0.1) is 6.20 Å². The van der Waals surface area contributed by atoms with Crippen LogP contribution in [-0.4, -0.2) is 4.98 Å². The van der Waals surface area contributed by atoms with E-state index >= 15 is 0 Å². The Morgan fingerprint density at radius 3 is 2.69 bits per heavy atom. The molecule has 0 radical (unpaired) electrons. The van der Waals surface area contributed by atoms with Crippen LogP contribution in [0.2, 0.25) is 0 Å². The van der Waals surface area contributed by atoms with Gasteiger partial charge in [0.25, 0.3) is 0 Å². The van der Waals surface area contributed by atoms with Crippen LogP contribution in [-0.2, 0) is 0 Å². The lowest BCUT2D eigenvalue weighted by Crippen LogP contribution is -1.86. The Labute approximate surface area is 77.6 Å². The number of nitrogen functional groups attached to an aromatic ring is 1. The number of hydrogen-bond donors (Lipinski definition) is 1. The smallest absolute Gasteiger partial charge is 0.152 e. The molecule has 0 spiro atoms. The van der Waals surface area contributed by atoms with Crippen molar-refractivity contribution in [3.8, 4) is 0 Å². The van der Waals surface area contributed by atoms with Crippen molar-refractivity contribution in [1.82, 2.24) is 4.98 Å². The van der Waals surface area contributed by atoms with Gasteiger partial charge in [0.2, 0.25) is 0 Å². The van der Waals surface area contributed by atoms with Crippen LogP contribution in [0.25, 0.3) is 11.0 Å². The maximum atomic E-state index is 5.48. The van der Waals surface area contributed by atoms with Crippen LogP contribution in [0.3, 0.4) is 0 Å². The molecule has 0 amide bonds. The molecule has 0 atom stereocenters. The summed E-state index contributed by atoms with van der Waals surface area (Å²) in [6.07, 6.45) is 1.64. The summed E-state index contributed by atoms with van der Waals surface area (Å²) in [5.41, 5.74) is 6.27. The van der Waals surface area contributed by atoms with Gasteiger partial charge >= 0.3 is 0 Å². The van der Waals surface area contributed by atoms with Crippen molar-refractivity contribution < 1.29 is 4.42 Å². The number of anilines is 1. The molecule has 2 heterocycles. The summed E-state index contributed by atoms with van der Waals surface area (Å²) in [5.74, 6) is 1.41. The Morgan fingerprint density at radius 1 is 1.31 bits per heavy atom. The van der Waals surface area contributed by atoms with Gasteiger partial charge in [0.15, 0.2) is 5.58 Å². The molecule has 0 fully saturated rings. The molecule has 0 saturated carbocycles. The first-order chi connectivity index (χ1) is 6.25. The molecule has 0 unspecified atom stereocenters. The second kappa shape index (κ2) is 3.94. The molecular formula is C10H14N2O. The highest BCUT2D eigenvalue weighted by Crippen LogP contribution is 2.18. The van der Waals surface area contributed by atoms with Crippen molar-refractivity contribution in [1.29, 1.82) is 0 Å². The molecule has 0 aromatic carbocycles. The summed E-state index contributed by atoms with van der Waals surface area (Å²) in [4.78, 5) is 3.90. The quantitative estimate of drug-likeness (QED) is 0.674. The zero-order chi connectivity index (χ0) is 9.84. The fourth-order valence-electron chi connectivity index (χ4n) is 1.10. The second-order valence-corrected chi connectivity index (χ2v) is 2.50. The number of rotatable bonds is 0. The Kier molecular flexibility index (Phi) is 2.90. The highest BCUT2D eigenvalue weighted by molar-refractivity contribution is 5.79. The molecule has 2 rings (SSSR count). The summed E-state index contributed by atoms with van der Waals surface area (Å²) in [6, 6.07) is 3.74. The van der Waals surface area contributed by atoms with Gasteiger partial charge in [-0.3, -0.25) is 0 Å². The van der Waals surface area contributed by atoms with Crippen molar-refractivity contribution in [3.05, 3.63) is 24.1 Å². The number of fused-ring (bicyclic) bond motifs is 1. The first kappa shape index (κ1) is 9.58. The van der Waals surface area contributed by atoms with E-state index in [1.54, 1.807) is 12.3 Å². The average molecular weight is 178 g/mol. The summed E-state index contributed by atoms with van der Waals surface area (Å²) in [6.45, 7) is 5.90. The van der Waals surface area contributed by atoms with Crippen molar-refractivity contribution in [2.24, 2.45) is 0 Å². The van der Waals surface area contributed by atoms with E-state index in [4.69, 9.17) is 10.2 Å². The topological polar surface area (TPSA) is 52.0 Å². The number of aryl methyl sites for hydroxylation is 1. The minimum atomic E-state index is 0.526. The lowest BCUT2D eigenvalue weighted by molar-refractivity contribution is 0.577. The third kappa shape index (κ3) is 1.99. The number of furan rings is 1. The van der Waals surface area contributed by atoms with Crippen LogP contribution in [0.15, 0.2) is 22.7 Å². The molecule has 3 heteroatoms. The van der Waals surface area contributed by atoms with Crippen LogP contribution in [0.4, 0.5) is 5.82 Å². The van der Waals surface area contributed by atoms with E-state index in [1.165, 1.54) is 0 Å². The summed E-state index contributed by atoms with van der Waals surface area (Å²) in [5, 5.41) is 1.01. The molecule has 3 nitrogen and oxygen atoms in total. The molecular weight excluding hydrogens is 164 g/mol. The predicted octanol–water partition coefficient (Wildman–Crippen LogP) is 2.74. The minimum absolute atomic E-state index is 0.526. The SMILES string of the molecule is CC.Cc1cc2cc(N)ncc2o1. The van der Waals surface area contributed by atoms with Gasteiger partial charge in [-0.15, -0.1) is 0 Å². The van der Waals surface area contributed by atoms with Gasteiger partial charge in [0.1, 0.15) is 11.6 Å². The van der Waals surface area contributed by atoms with Gasteiger partial charge in [0, 0.05) is 5.39 Å². The van der Waals surface area contributed by atoms with E-state index in [9.17, 15) is 0 Å². The largest absolute Gasteiger partial charge is 0.460 e. The third-order valence-electron chi connectivity index (χ3n) is 1.55. The highest BCUT2D eigenvalue weighted by atomic mass is 16.3. The van der Waals surface area contributed by atoms with Gasteiger partial charge in [-0.2, -0.15) is 0 Å². The minimum Gasteiger partial charge on any atom is -0.460 e. The van der Waals surface area contributed by atoms with Gasteiger partial charge in [-0.25, -0.2) is 4.98 Å². The molecule has 13 heavy (non-hydrogen) atoms. The summed E-state index contributed by atoms with van der Waals surface area (Å²) in [7, 11) is 0. The molecule has 2 aromatic heterocycles. The van der Waals surface area contributed by atoms with E-state index in [-0.39, 0.29) is 0 Å². The number of nitrogens with zero attached hydrogens (tertiary/aromatic N) is 1. The zero-order valence-corrected chi connectivity index (χ0v) is 8.16. The average Bonchev–Trinajstić information content (AvgIpc) is 2.48. The molecule has 70 valence electrons. The Balaban J connectivity index is 0.000000396. The molecule has 2 aromatic rings. The normalized spacial score (nSPS) is 9.46. The lowest BCUT2D eigenvalue weighted by atomic mass is 10.3. The molecule has 0 saturated heterocycles. The Morgan fingerprint density at radius 2 is 2.00 bits per heavy atom. The lowest BCUT2D eigenvalue weighted by Gasteiger charge is -1.88. The molecule has 0 bridgehead atoms. The summed E-state index contributed by atoms with van der Waals surface area (Å²) >= 11 is 0. The van der Waals surface area contributed by atoms with Gasteiger partial charge in [-0.1, -0.05) is 13.8 Å². The first-order valence-electron chi connectivity index (χ1n) is 4.37. The molecule has 2 N–H and O–H groups in total. The molecule has 0 aliphatic rings. The van der Waals surface area contributed by atoms with Crippen molar-refractivity contribution in [3.63, 3.8) is 0 Å². The van der Waals surface area contributed by atoms with Crippen LogP contribution >= 0.6 is 0 Å². The van der Waals surface area contributed by atoms with Crippen LogP contribution in [0.5, 0.6) is 0 Å². The number of hydrogen-bond acceptors (Lipinski definition) is 3. The Hall–Kier alpha value is -1.51. The number of nitrogens with two attached hydrogens (primary N) is 1. The number of pyridine rings is 1. The standard InChI is InChI=1S/C8H8N2O.C2H6/c1-5-2-6-3-8(9)10-4-7(6)11-5;1-2/h2-4H,1H3,(H2,9,10);1-2H3. The first-order valence-corrected chi connectivity index (χ1v) is 4.37. The second-order valence-electron chi connectivity index (χ2n) is 2.50. The van der Waals surface area contributed by atoms with Crippen molar-refractivity contribution >= 4 is 16.8 Å². The monoisotopic (exact) mass is 178 g/mol. The van der Waals surface area contributed by atoms with Crippen molar-refractivity contribution in [2.75, 3.05) is 5.73 Å². The van der Waals surface area contributed by atoms with Crippen LogP contribution in [0.1, 0.15) is 19.6 Å². The van der Waals surface area contributed by atoms with E-state index < -0.39 is 0 Å². The zero-order valence-electron chi connectivity index (χ0n) is 8.16. The predicted molar refractivity (Wildman–Crippen MR) is 54.5 cm³/mol. The maximum absolute atomic E-state index is 5.48. The van der Waals surface area contributed by atoms with E-state index in [2.05, 4.69) is 4.98 Å². The third-order valence-corrected chi connectivity index (χ3v) is 1.55. The van der Waals surface area contributed by atoms with E-state index in [1.807, 2.05) is 26.8 Å². The summed E-state index contributed by atoms with van der Waals surface area (Å²) < 4.78 is 5.30. The highest BCUT2D eigenvalue weighted by Gasteiger charge is 1.99. The van der Waals surface area contributed by atoms with Crippen LogP contribution < -0.4 is 5.73 Å². The van der Waals surface area contributed by atoms with Gasteiger partial charge < -0.3 is 10.2 Å².